The van der Waals surface area contributed by atoms with Gasteiger partial charge in [0.25, 0.3) is 0 Å². The monoisotopic (exact) mass is 452 g/mol. The van der Waals surface area contributed by atoms with Gasteiger partial charge >= 0.3 is 0 Å². The van der Waals surface area contributed by atoms with E-state index in [1.54, 1.807) is 12.1 Å². The minimum atomic E-state index is 0.503. The summed E-state index contributed by atoms with van der Waals surface area (Å²) in [4.78, 5) is 5.08. The van der Waals surface area contributed by atoms with E-state index in [0.29, 0.717) is 17.9 Å². The normalized spacial score (nSPS) is 11.1. The fourth-order valence-electron chi connectivity index (χ4n) is 4.34. The van der Waals surface area contributed by atoms with E-state index < -0.39 is 0 Å². The molecular formula is C29H20N6. The molecule has 35 heavy (non-hydrogen) atoms. The molecule has 0 saturated carbocycles. The number of fused-ring (bicyclic) bond motifs is 3. The number of nitriles is 1. The first-order chi connectivity index (χ1) is 17.2. The van der Waals surface area contributed by atoms with E-state index in [0.717, 1.165) is 50.1 Å². The van der Waals surface area contributed by atoms with Crippen LogP contribution in [-0.2, 0) is 6.54 Å². The summed E-state index contributed by atoms with van der Waals surface area (Å²) in [6, 6.07) is 32.1. The van der Waals surface area contributed by atoms with Gasteiger partial charge in [0.2, 0.25) is 0 Å². The highest BCUT2D eigenvalue weighted by Gasteiger charge is 2.16. The minimum absolute atomic E-state index is 0.503. The lowest BCUT2D eigenvalue weighted by Gasteiger charge is -2.13. The Morgan fingerprint density at radius 1 is 0.800 bits per heavy atom. The maximum Gasteiger partial charge on any atom is 0.170 e. The molecule has 0 saturated heterocycles. The molecule has 0 amide bonds. The molecule has 0 aliphatic carbocycles. The molecule has 0 atom stereocenters. The van der Waals surface area contributed by atoms with Crippen LogP contribution in [0.5, 0.6) is 0 Å². The maximum absolute atomic E-state index is 9.10. The van der Waals surface area contributed by atoms with Gasteiger partial charge in [-0.1, -0.05) is 54.6 Å². The quantitative estimate of drug-likeness (QED) is 0.375. The van der Waals surface area contributed by atoms with Gasteiger partial charge in [0.15, 0.2) is 11.5 Å². The third kappa shape index (κ3) is 3.61. The van der Waals surface area contributed by atoms with Crippen LogP contribution in [0.25, 0.3) is 50.3 Å². The van der Waals surface area contributed by atoms with Crippen molar-refractivity contribution in [1.29, 1.82) is 5.26 Å². The number of aromatic nitrogens is 4. The Balaban J connectivity index is 1.58. The minimum Gasteiger partial charge on any atom is -0.326 e. The number of rotatable bonds is 4. The molecule has 0 bridgehead atoms. The third-order valence-electron chi connectivity index (χ3n) is 6.19. The molecule has 0 aliphatic heterocycles. The average molecular weight is 453 g/mol. The highest BCUT2D eigenvalue weighted by molar-refractivity contribution is 5.98. The lowest BCUT2D eigenvalue weighted by molar-refractivity contribution is 1.07. The summed E-state index contributed by atoms with van der Waals surface area (Å²) in [5, 5.41) is 19.0. The number of benzene rings is 3. The van der Waals surface area contributed by atoms with Crippen molar-refractivity contribution in [3.05, 3.63) is 108 Å². The van der Waals surface area contributed by atoms with Gasteiger partial charge in [-0.25, -0.2) is 4.98 Å². The van der Waals surface area contributed by atoms with E-state index in [9.17, 15) is 0 Å². The molecule has 6 rings (SSSR count). The summed E-state index contributed by atoms with van der Waals surface area (Å²) < 4.78 is 1.97. The van der Waals surface area contributed by atoms with Crippen LogP contribution in [0.2, 0.25) is 0 Å². The van der Waals surface area contributed by atoms with Crippen LogP contribution >= 0.6 is 0 Å². The Morgan fingerprint density at radius 2 is 1.54 bits per heavy atom. The molecule has 0 unspecified atom stereocenters. The van der Waals surface area contributed by atoms with E-state index in [1.165, 1.54) is 0 Å². The van der Waals surface area contributed by atoms with Crippen LogP contribution in [0.1, 0.15) is 11.1 Å². The van der Waals surface area contributed by atoms with E-state index in [4.69, 9.17) is 16.0 Å². The summed E-state index contributed by atoms with van der Waals surface area (Å²) in [7, 11) is 0. The second-order valence-electron chi connectivity index (χ2n) is 8.31. The Bertz CT molecular complexity index is 1710. The Morgan fingerprint density at radius 3 is 2.26 bits per heavy atom. The lowest BCUT2D eigenvalue weighted by atomic mass is 9.97. The molecule has 0 spiro atoms. The van der Waals surface area contributed by atoms with Gasteiger partial charge in [-0.15, -0.1) is 10.2 Å². The van der Waals surface area contributed by atoms with E-state index in [-0.39, 0.29) is 0 Å². The van der Waals surface area contributed by atoms with Crippen LogP contribution in [0.15, 0.2) is 97.2 Å². The molecule has 2 N–H and O–H groups in total. The zero-order chi connectivity index (χ0) is 23.8. The van der Waals surface area contributed by atoms with Crippen LogP contribution < -0.4 is 5.73 Å². The molecule has 3 heterocycles. The van der Waals surface area contributed by atoms with Crippen molar-refractivity contribution in [2.24, 2.45) is 5.73 Å². The molecular weight excluding hydrogens is 432 g/mol. The Labute approximate surface area is 201 Å². The van der Waals surface area contributed by atoms with Gasteiger partial charge in [-0.3, -0.25) is 4.40 Å². The summed E-state index contributed by atoms with van der Waals surface area (Å²) in [5.74, 6) is 0.717. The van der Waals surface area contributed by atoms with Crippen LogP contribution in [0.3, 0.4) is 0 Å². The van der Waals surface area contributed by atoms with E-state index in [1.807, 2.05) is 59.1 Å². The van der Waals surface area contributed by atoms with Gasteiger partial charge in [0, 0.05) is 34.8 Å². The van der Waals surface area contributed by atoms with Crippen LogP contribution in [0, 0.1) is 11.3 Å². The van der Waals surface area contributed by atoms with Crippen molar-refractivity contribution in [1.82, 2.24) is 19.6 Å². The first-order valence-corrected chi connectivity index (χ1v) is 11.3. The average Bonchev–Trinajstić information content (AvgIpc) is 3.37. The summed E-state index contributed by atoms with van der Waals surface area (Å²) >= 11 is 0. The number of hydrogen-bond acceptors (Lipinski definition) is 5. The highest BCUT2D eigenvalue weighted by Crippen LogP contribution is 2.35. The largest absolute Gasteiger partial charge is 0.326 e. The molecule has 6 nitrogen and oxygen atoms in total. The molecule has 6 aromatic rings. The number of nitrogens with zero attached hydrogens (tertiary/aromatic N) is 5. The van der Waals surface area contributed by atoms with E-state index >= 15 is 0 Å². The topological polar surface area (TPSA) is 92.9 Å². The lowest BCUT2D eigenvalue weighted by Crippen LogP contribution is -1.97. The molecule has 6 heteroatoms. The number of nitrogens with two attached hydrogens (primary N) is 1. The molecule has 166 valence electrons. The van der Waals surface area contributed by atoms with Crippen molar-refractivity contribution in [2.45, 2.75) is 6.54 Å². The zero-order valence-corrected chi connectivity index (χ0v) is 18.8. The number of pyridine rings is 2. The standard InChI is InChI=1S/C29H20N6/c30-17-19-6-10-22(11-7-19)27-24(21-4-2-1-3-5-21)16-25-26(32-27)14-15-35-28(33-34-29(25)35)23-12-8-20(18-31)9-13-23/h1-16H,17,30H2. The van der Waals surface area contributed by atoms with Gasteiger partial charge < -0.3 is 5.73 Å². The molecule has 0 aliphatic rings. The SMILES string of the molecule is N#Cc1ccc(-c2nnc3c4cc(-c5ccccc5)c(-c5ccc(CN)cc5)nc4ccn23)cc1. The van der Waals surface area contributed by atoms with Crippen molar-refractivity contribution in [2.75, 3.05) is 0 Å². The Kier molecular flexibility index (Phi) is 5.03. The molecule has 3 aromatic heterocycles. The van der Waals surface area contributed by atoms with Crippen molar-refractivity contribution in [3.63, 3.8) is 0 Å². The molecule has 0 radical (unpaired) electrons. The van der Waals surface area contributed by atoms with Crippen LogP contribution in [-0.4, -0.2) is 19.6 Å². The van der Waals surface area contributed by atoms with Crippen LogP contribution in [0.4, 0.5) is 0 Å². The molecule has 3 aromatic carbocycles. The first kappa shape index (κ1) is 20.7. The van der Waals surface area contributed by atoms with Crippen molar-refractivity contribution < 1.29 is 0 Å². The van der Waals surface area contributed by atoms with Crippen molar-refractivity contribution >= 4 is 16.6 Å². The maximum atomic E-state index is 9.10. The predicted molar refractivity (Wildman–Crippen MR) is 137 cm³/mol. The van der Waals surface area contributed by atoms with Gasteiger partial charge in [0.1, 0.15) is 0 Å². The predicted octanol–water partition coefficient (Wildman–Crippen LogP) is 5.61. The summed E-state index contributed by atoms with van der Waals surface area (Å²) in [6.45, 7) is 0.503. The first-order valence-electron chi connectivity index (χ1n) is 11.3. The second-order valence-corrected chi connectivity index (χ2v) is 8.31. The van der Waals surface area contributed by atoms with Gasteiger partial charge in [0.05, 0.1) is 22.8 Å². The summed E-state index contributed by atoms with van der Waals surface area (Å²) in [5.41, 5.74) is 14.0. The fraction of sp³-hybridized carbons (Fsp3) is 0.0345. The molecule has 0 fully saturated rings. The highest BCUT2D eigenvalue weighted by atomic mass is 15.2. The Hall–Kier alpha value is -4.86. The smallest absolute Gasteiger partial charge is 0.170 e. The van der Waals surface area contributed by atoms with E-state index in [2.05, 4.69) is 46.6 Å². The zero-order valence-electron chi connectivity index (χ0n) is 18.8. The van der Waals surface area contributed by atoms with Gasteiger partial charge in [-0.2, -0.15) is 5.26 Å². The second kappa shape index (κ2) is 8.49. The third-order valence-corrected chi connectivity index (χ3v) is 6.19. The van der Waals surface area contributed by atoms with Crippen molar-refractivity contribution in [3.8, 4) is 39.8 Å². The summed E-state index contributed by atoms with van der Waals surface area (Å²) in [6.07, 6.45) is 1.95. The van der Waals surface area contributed by atoms with Gasteiger partial charge in [-0.05, 0) is 47.5 Å². The number of hydrogen-bond donors (Lipinski definition) is 1. The fourth-order valence-corrected chi connectivity index (χ4v) is 4.34.